The standard InChI is InChI=1S/C13H20N2O3S/c1-9-10(14)6-5-7-11(9)15-12(16)8-19(17,18)13(2,3)4/h5-7H,8,14H2,1-4H3,(H,15,16). The third-order valence-electron chi connectivity index (χ3n) is 2.90. The molecule has 0 unspecified atom stereocenters. The Morgan fingerprint density at radius 3 is 2.42 bits per heavy atom. The van der Waals surface area contributed by atoms with E-state index in [1.165, 1.54) is 0 Å². The SMILES string of the molecule is Cc1c(N)cccc1NC(=O)CS(=O)(=O)C(C)(C)C. The fourth-order valence-corrected chi connectivity index (χ4v) is 2.21. The van der Waals surface area contributed by atoms with Gasteiger partial charge in [0.1, 0.15) is 5.75 Å². The maximum Gasteiger partial charge on any atom is 0.239 e. The van der Waals surface area contributed by atoms with Gasteiger partial charge in [0.2, 0.25) is 5.91 Å². The predicted octanol–water partition coefficient (Wildman–Crippen LogP) is 1.73. The lowest BCUT2D eigenvalue weighted by molar-refractivity contribution is -0.113. The van der Waals surface area contributed by atoms with E-state index in [1.54, 1.807) is 45.9 Å². The van der Waals surface area contributed by atoms with Crippen molar-refractivity contribution in [2.75, 3.05) is 16.8 Å². The fraction of sp³-hybridized carbons (Fsp3) is 0.462. The van der Waals surface area contributed by atoms with Crippen LogP contribution in [0.4, 0.5) is 11.4 Å². The lowest BCUT2D eigenvalue weighted by atomic mass is 10.1. The number of carbonyl (C=O) groups is 1. The topological polar surface area (TPSA) is 89.3 Å². The van der Waals surface area contributed by atoms with Gasteiger partial charge in [-0.2, -0.15) is 0 Å². The normalized spacial score (nSPS) is 12.2. The van der Waals surface area contributed by atoms with Crippen LogP contribution in [0.2, 0.25) is 0 Å². The number of nitrogen functional groups attached to an aromatic ring is 1. The van der Waals surface area contributed by atoms with E-state index in [2.05, 4.69) is 5.32 Å². The molecule has 6 heteroatoms. The van der Waals surface area contributed by atoms with Crippen LogP contribution >= 0.6 is 0 Å². The number of benzene rings is 1. The zero-order chi connectivity index (χ0) is 14.8. The maximum absolute atomic E-state index is 11.9. The van der Waals surface area contributed by atoms with E-state index in [0.29, 0.717) is 11.4 Å². The molecule has 19 heavy (non-hydrogen) atoms. The quantitative estimate of drug-likeness (QED) is 0.827. The summed E-state index contributed by atoms with van der Waals surface area (Å²) < 4.78 is 22.9. The minimum absolute atomic E-state index is 0.536. The Bertz CT molecular complexity index is 586. The molecule has 0 heterocycles. The van der Waals surface area contributed by atoms with E-state index in [4.69, 9.17) is 5.73 Å². The highest BCUT2D eigenvalue weighted by Gasteiger charge is 2.31. The number of carbonyl (C=O) groups excluding carboxylic acids is 1. The highest BCUT2D eigenvalue weighted by atomic mass is 32.2. The lowest BCUT2D eigenvalue weighted by Gasteiger charge is -2.19. The first-order valence-corrected chi connectivity index (χ1v) is 7.57. The van der Waals surface area contributed by atoms with Gasteiger partial charge in [-0.25, -0.2) is 8.42 Å². The van der Waals surface area contributed by atoms with Crippen molar-refractivity contribution in [2.24, 2.45) is 0 Å². The van der Waals surface area contributed by atoms with Gasteiger partial charge in [0, 0.05) is 11.4 Å². The first-order chi connectivity index (χ1) is 8.54. The molecule has 0 saturated carbocycles. The summed E-state index contributed by atoms with van der Waals surface area (Å²) in [6.45, 7) is 6.48. The highest BCUT2D eigenvalue weighted by Crippen LogP contribution is 2.21. The zero-order valence-electron chi connectivity index (χ0n) is 11.6. The Kier molecular flexibility index (Phi) is 4.25. The zero-order valence-corrected chi connectivity index (χ0v) is 12.5. The van der Waals surface area contributed by atoms with Crippen LogP contribution in [-0.4, -0.2) is 24.8 Å². The molecule has 3 N–H and O–H groups in total. The Labute approximate surface area is 114 Å². The average molecular weight is 284 g/mol. The fourth-order valence-electron chi connectivity index (χ4n) is 1.36. The van der Waals surface area contributed by atoms with E-state index in [9.17, 15) is 13.2 Å². The first-order valence-electron chi connectivity index (χ1n) is 5.92. The van der Waals surface area contributed by atoms with Gasteiger partial charge in [-0.1, -0.05) is 6.07 Å². The Morgan fingerprint density at radius 1 is 1.32 bits per heavy atom. The molecule has 1 aromatic rings. The summed E-state index contributed by atoms with van der Waals surface area (Å²) in [5.41, 5.74) is 7.54. The van der Waals surface area contributed by atoms with E-state index in [0.717, 1.165) is 5.56 Å². The largest absolute Gasteiger partial charge is 0.398 e. The van der Waals surface area contributed by atoms with Gasteiger partial charge in [0.25, 0.3) is 0 Å². The third kappa shape index (κ3) is 3.70. The van der Waals surface area contributed by atoms with Crippen molar-refractivity contribution in [1.29, 1.82) is 0 Å². The molecule has 0 aromatic heterocycles. The van der Waals surface area contributed by atoms with Crippen LogP contribution in [0.15, 0.2) is 18.2 Å². The second-order valence-electron chi connectivity index (χ2n) is 5.44. The number of amides is 1. The second kappa shape index (κ2) is 5.21. The summed E-state index contributed by atoms with van der Waals surface area (Å²) in [7, 11) is -3.48. The van der Waals surface area contributed by atoms with Gasteiger partial charge in [-0.15, -0.1) is 0 Å². The maximum atomic E-state index is 11.9. The molecule has 1 rings (SSSR count). The van der Waals surface area contributed by atoms with Gasteiger partial charge < -0.3 is 11.1 Å². The lowest BCUT2D eigenvalue weighted by Crippen LogP contribution is -2.35. The Balaban J connectivity index is 2.86. The van der Waals surface area contributed by atoms with E-state index >= 15 is 0 Å². The summed E-state index contributed by atoms with van der Waals surface area (Å²) in [5, 5.41) is 2.58. The number of hydrogen-bond acceptors (Lipinski definition) is 4. The molecule has 0 radical (unpaired) electrons. The molecule has 0 atom stereocenters. The minimum Gasteiger partial charge on any atom is -0.398 e. The monoisotopic (exact) mass is 284 g/mol. The Hall–Kier alpha value is -1.56. The number of anilines is 2. The molecular formula is C13H20N2O3S. The number of hydrogen-bond donors (Lipinski definition) is 2. The van der Waals surface area contributed by atoms with E-state index in [-0.39, 0.29) is 0 Å². The van der Waals surface area contributed by atoms with Crippen LogP contribution in [0.5, 0.6) is 0 Å². The number of nitrogens with one attached hydrogen (secondary N) is 1. The summed E-state index contributed by atoms with van der Waals surface area (Å²) in [6, 6.07) is 5.11. The second-order valence-corrected chi connectivity index (χ2v) is 8.18. The first kappa shape index (κ1) is 15.5. The predicted molar refractivity (Wildman–Crippen MR) is 77.8 cm³/mol. The third-order valence-corrected chi connectivity index (χ3v) is 5.41. The summed E-state index contributed by atoms with van der Waals surface area (Å²) in [5.74, 6) is -1.09. The minimum atomic E-state index is -3.48. The number of sulfone groups is 1. The van der Waals surface area contributed by atoms with Crippen molar-refractivity contribution in [1.82, 2.24) is 0 Å². The van der Waals surface area contributed by atoms with Crippen molar-refractivity contribution >= 4 is 27.1 Å². The van der Waals surface area contributed by atoms with Crippen molar-refractivity contribution in [3.05, 3.63) is 23.8 Å². The van der Waals surface area contributed by atoms with Gasteiger partial charge in [-0.05, 0) is 45.4 Å². The van der Waals surface area contributed by atoms with Crippen LogP contribution in [0.1, 0.15) is 26.3 Å². The van der Waals surface area contributed by atoms with Crippen LogP contribution in [0.25, 0.3) is 0 Å². The molecule has 0 aliphatic rings. The molecule has 106 valence electrons. The molecular weight excluding hydrogens is 264 g/mol. The molecule has 0 spiro atoms. The van der Waals surface area contributed by atoms with Gasteiger partial charge >= 0.3 is 0 Å². The van der Waals surface area contributed by atoms with Gasteiger partial charge in [-0.3, -0.25) is 4.79 Å². The van der Waals surface area contributed by atoms with Crippen LogP contribution in [0.3, 0.4) is 0 Å². The molecule has 0 bridgehead atoms. The molecule has 0 fully saturated rings. The van der Waals surface area contributed by atoms with Crippen molar-refractivity contribution < 1.29 is 13.2 Å². The van der Waals surface area contributed by atoms with Crippen LogP contribution in [0, 0.1) is 6.92 Å². The molecule has 0 saturated heterocycles. The van der Waals surface area contributed by atoms with Crippen molar-refractivity contribution in [2.45, 2.75) is 32.4 Å². The van der Waals surface area contributed by atoms with E-state index < -0.39 is 26.2 Å². The van der Waals surface area contributed by atoms with Gasteiger partial charge in [0.05, 0.1) is 4.75 Å². The molecule has 0 aliphatic carbocycles. The number of rotatable bonds is 3. The highest BCUT2D eigenvalue weighted by molar-refractivity contribution is 7.93. The summed E-state index contributed by atoms with van der Waals surface area (Å²) >= 11 is 0. The van der Waals surface area contributed by atoms with Crippen molar-refractivity contribution in [3.63, 3.8) is 0 Å². The van der Waals surface area contributed by atoms with Gasteiger partial charge in [0.15, 0.2) is 9.84 Å². The average Bonchev–Trinajstić information content (AvgIpc) is 2.22. The van der Waals surface area contributed by atoms with Crippen LogP contribution in [-0.2, 0) is 14.6 Å². The molecule has 0 aliphatic heterocycles. The van der Waals surface area contributed by atoms with E-state index in [1.807, 2.05) is 0 Å². The Morgan fingerprint density at radius 2 is 1.89 bits per heavy atom. The summed E-state index contributed by atoms with van der Waals surface area (Å²) in [4.78, 5) is 11.8. The summed E-state index contributed by atoms with van der Waals surface area (Å²) in [6.07, 6.45) is 0. The molecule has 1 aromatic carbocycles. The molecule has 1 amide bonds. The molecule has 5 nitrogen and oxygen atoms in total. The van der Waals surface area contributed by atoms with Crippen LogP contribution < -0.4 is 11.1 Å². The smallest absolute Gasteiger partial charge is 0.239 e. The van der Waals surface area contributed by atoms with Crippen molar-refractivity contribution in [3.8, 4) is 0 Å². The number of nitrogens with two attached hydrogens (primary N) is 1.